The lowest BCUT2D eigenvalue weighted by atomic mass is 9.99. The van der Waals surface area contributed by atoms with Gasteiger partial charge in [0.2, 0.25) is 0 Å². The molecule has 1 aromatic rings. The minimum atomic E-state index is -0.603. The number of hydrogen-bond donors (Lipinski definition) is 1. The quantitative estimate of drug-likeness (QED) is 0.850. The summed E-state index contributed by atoms with van der Waals surface area (Å²) in [5, 5.41) is 2.66. The molecule has 21 heavy (non-hydrogen) atoms. The van der Waals surface area contributed by atoms with Crippen LogP contribution in [0.15, 0.2) is 18.2 Å². The summed E-state index contributed by atoms with van der Waals surface area (Å²) in [4.78, 5) is 25.9. The van der Waals surface area contributed by atoms with Crippen LogP contribution in [-0.2, 0) is 9.59 Å². The van der Waals surface area contributed by atoms with Crippen molar-refractivity contribution in [3.05, 3.63) is 23.8 Å². The highest BCUT2D eigenvalue weighted by molar-refractivity contribution is 6.39. The lowest BCUT2D eigenvalue weighted by molar-refractivity contribution is -0.144. The maximum absolute atomic E-state index is 12.2. The zero-order valence-corrected chi connectivity index (χ0v) is 12.8. The summed E-state index contributed by atoms with van der Waals surface area (Å²) < 4.78 is 5.20. The summed E-state index contributed by atoms with van der Waals surface area (Å²) in [6.45, 7) is 5.39. The first-order valence-electron chi connectivity index (χ1n) is 7.26. The molecule has 1 fully saturated rings. The fourth-order valence-corrected chi connectivity index (χ4v) is 2.45. The third-order valence-corrected chi connectivity index (χ3v) is 3.87. The fraction of sp³-hybridized carbons (Fsp3) is 0.500. The molecule has 1 saturated heterocycles. The number of ether oxygens (including phenoxy) is 1. The molecule has 0 saturated carbocycles. The Bertz CT molecular complexity index is 534. The summed E-state index contributed by atoms with van der Waals surface area (Å²) in [5.74, 6) is 0.0990. The van der Waals surface area contributed by atoms with E-state index in [0.717, 1.165) is 18.4 Å². The number of anilines is 1. The van der Waals surface area contributed by atoms with Gasteiger partial charge in [-0.3, -0.25) is 9.59 Å². The van der Waals surface area contributed by atoms with Gasteiger partial charge in [0.05, 0.1) is 12.8 Å². The van der Waals surface area contributed by atoms with Crippen molar-refractivity contribution in [1.82, 2.24) is 4.90 Å². The van der Waals surface area contributed by atoms with Crippen molar-refractivity contribution in [3.8, 4) is 5.75 Å². The van der Waals surface area contributed by atoms with E-state index in [0.29, 0.717) is 30.4 Å². The monoisotopic (exact) mass is 290 g/mol. The van der Waals surface area contributed by atoms with Crippen molar-refractivity contribution in [2.75, 3.05) is 25.5 Å². The van der Waals surface area contributed by atoms with E-state index in [1.54, 1.807) is 17.0 Å². The zero-order valence-electron chi connectivity index (χ0n) is 12.8. The van der Waals surface area contributed by atoms with Crippen LogP contribution in [0.5, 0.6) is 5.75 Å². The fourth-order valence-electron chi connectivity index (χ4n) is 2.45. The summed E-state index contributed by atoms with van der Waals surface area (Å²) in [5.41, 5.74) is 1.52. The highest BCUT2D eigenvalue weighted by Gasteiger charge is 2.26. The van der Waals surface area contributed by atoms with Gasteiger partial charge >= 0.3 is 11.8 Å². The van der Waals surface area contributed by atoms with Crippen molar-refractivity contribution >= 4 is 17.5 Å². The van der Waals surface area contributed by atoms with E-state index >= 15 is 0 Å². The number of amides is 2. The number of methoxy groups -OCH3 is 1. The number of carbonyl (C=O) groups is 2. The number of nitrogens with one attached hydrogen (secondary N) is 1. The van der Waals surface area contributed by atoms with Crippen LogP contribution in [0.25, 0.3) is 0 Å². The first-order valence-corrected chi connectivity index (χ1v) is 7.26. The van der Waals surface area contributed by atoms with Crippen LogP contribution in [0.4, 0.5) is 5.69 Å². The summed E-state index contributed by atoms with van der Waals surface area (Å²) >= 11 is 0. The molecule has 0 unspecified atom stereocenters. The third-order valence-electron chi connectivity index (χ3n) is 3.87. The Balaban J connectivity index is 2.04. The van der Waals surface area contributed by atoms with Crippen LogP contribution < -0.4 is 10.1 Å². The number of hydrogen-bond acceptors (Lipinski definition) is 3. The molecule has 0 spiro atoms. The van der Waals surface area contributed by atoms with E-state index in [-0.39, 0.29) is 0 Å². The second-order valence-electron chi connectivity index (χ2n) is 5.63. The van der Waals surface area contributed by atoms with Gasteiger partial charge in [0.1, 0.15) is 5.75 Å². The van der Waals surface area contributed by atoms with Crippen molar-refractivity contribution in [3.63, 3.8) is 0 Å². The van der Waals surface area contributed by atoms with Crippen LogP contribution >= 0.6 is 0 Å². The maximum atomic E-state index is 12.2. The Kier molecular flexibility index (Phi) is 4.83. The zero-order chi connectivity index (χ0) is 15.4. The van der Waals surface area contributed by atoms with Crippen LogP contribution in [0.2, 0.25) is 0 Å². The molecule has 5 nitrogen and oxygen atoms in total. The summed E-state index contributed by atoms with van der Waals surface area (Å²) in [6, 6.07) is 5.46. The van der Waals surface area contributed by atoms with Gasteiger partial charge in [-0.05, 0) is 43.4 Å². The molecule has 2 amide bonds. The van der Waals surface area contributed by atoms with Crippen LogP contribution in [0.3, 0.4) is 0 Å². The molecule has 1 heterocycles. The lowest BCUT2D eigenvalue weighted by Gasteiger charge is -2.29. The van der Waals surface area contributed by atoms with Gasteiger partial charge in [0.25, 0.3) is 0 Å². The van der Waals surface area contributed by atoms with E-state index in [1.165, 1.54) is 7.11 Å². The van der Waals surface area contributed by atoms with Crippen molar-refractivity contribution < 1.29 is 14.3 Å². The Morgan fingerprint density at radius 3 is 2.57 bits per heavy atom. The number of likely N-dealkylation sites (tertiary alicyclic amines) is 1. The Hall–Kier alpha value is -2.04. The Labute approximate surface area is 125 Å². The Morgan fingerprint density at radius 1 is 1.29 bits per heavy atom. The maximum Gasteiger partial charge on any atom is 0.314 e. The number of aryl methyl sites for hydroxylation is 1. The first-order chi connectivity index (χ1) is 10.0. The van der Waals surface area contributed by atoms with E-state index in [4.69, 9.17) is 4.74 Å². The molecule has 0 radical (unpaired) electrons. The molecule has 1 aliphatic rings. The molecule has 1 N–H and O–H groups in total. The molecule has 1 aliphatic heterocycles. The molecule has 5 heteroatoms. The van der Waals surface area contributed by atoms with Gasteiger partial charge in [-0.1, -0.05) is 13.0 Å². The number of piperidine rings is 1. The molecule has 114 valence electrons. The second-order valence-corrected chi connectivity index (χ2v) is 5.63. The third kappa shape index (κ3) is 3.74. The largest absolute Gasteiger partial charge is 0.495 e. The van der Waals surface area contributed by atoms with Gasteiger partial charge in [-0.25, -0.2) is 0 Å². The minimum Gasteiger partial charge on any atom is -0.495 e. The Morgan fingerprint density at radius 2 is 1.95 bits per heavy atom. The summed E-state index contributed by atoms with van der Waals surface area (Å²) in [6.07, 6.45) is 1.90. The van der Waals surface area contributed by atoms with Gasteiger partial charge in [-0.2, -0.15) is 0 Å². The van der Waals surface area contributed by atoms with E-state index in [9.17, 15) is 9.59 Å². The number of carbonyl (C=O) groups excluding carboxylic acids is 2. The minimum absolute atomic E-state index is 0.467. The SMILES string of the molecule is COc1ccc(C)cc1NC(=O)C(=O)N1CCC(C)CC1. The highest BCUT2D eigenvalue weighted by Crippen LogP contribution is 2.25. The van der Waals surface area contributed by atoms with Crippen LogP contribution in [-0.4, -0.2) is 36.9 Å². The van der Waals surface area contributed by atoms with Crippen LogP contribution in [0, 0.1) is 12.8 Å². The average Bonchev–Trinajstić information content (AvgIpc) is 2.47. The molecule has 0 aromatic heterocycles. The first kappa shape index (κ1) is 15.4. The number of rotatable bonds is 2. The molecule has 1 aromatic carbocycles. The van der Waals surface area contributed by atoms with Crippen molar-refractivity contribution in [2.45, 2.75) is 26.7 Å². The summed E-state index contributed by atoms with van der Waals surface area (Å²) in [7, 11) is 1.54. The normalized spacial score (nSPS) is 15.7. The predicted octanol–water partition coefficient (Wildman–Crippen LogP) is 2.20. The highest BCUT2D eigenvalue weighted by atomic mass is 16.5. The van der Waals surface area contributed by atoms with Crippen molar-refractivity contribution in [1.29, 1.82) is 0 Å². The average molecular weight is 290 g/mol. The topological polar surface area (TPSA) is 58.6 Å². The van der Waals surface area contributed by atoms with Gasteiger partial charge < -0.3 is 15.0 Å². The number of benzene rings is 1. The second kappa shape index (κ2) is 6.61. The molecule has 0 atom stereocenters. The van der Waals surface area contributed by atoms with E-state index < -0.39 is 11.8 Å². The molecule has 0 aliphatic carbocycles. The van der Waals surface area contributed by atoms with Gasteiger partial charge in [-0.15, -0.1) is 0 Å². The number of nitrogens with zero attached hydrogens (tertiary/aromatic N) is 1. The standard InChI is InChI=1S/C16H22N2O3/c1-11-6-8-18(9-7-11)16(20)15(19)17-13-10-12(2)4-5-14(13)21-3/h4-5,10-11H,6-9H2,1-3H3,(H,17,19). The lowest BCUT2D eigenvalue weighted by Crippen LogP contribution is -2.43. The predicted molar refractivity (Wildman–Crippen MR) is 81.3 cm³/mol. The molecular formula is C16H22N2O3. The smallest absolute Gasteiger partial charge is 0.314 e. The van der Waals surface area contributed by atoms with E-state index in [2.05, 4.69) is 12.2 Å². The van der Waals surface area contributed by atoms with Crippen LogP contribution in [0.1, 0.15) is 25.3 Å². The van der Waals surface area contributed by atoms with Crippen molar-refractivity contribution in [2.24, 2.45) is 5.92 Å². The molecule has 0 bridgehead atoms. The molecule has 2 rings (SSSR count). The molecular weight excluding hydrogens is 268 g/mol. The van der Waals surface area contributed by atoms with Gasteiger partial charge in [0.15, 0.2) is 0 Å². The van der Waals surface area contributed by atoms with E-state index in [1.807, 2.05) is 13.0 Å². The van der Waals surface area contributed by atoms with Gasteiger partial charge in [0, 0.05) is 13.1 Å².